The van der Waals surface area contributed by atoms with Gasteiger partial charge in [-0.15, -0.1) is 11.8 Å². The number of ether oxygens (including phenoxy) is 2. The fourth-order valence-corrected chi connectivity index (χ4v) is 9.41. The molecule has 1 saturated heterocycles. The van der Waals surface area contributed by atoms with Crippen LogP contribution >= 0.6 is 11.8 Å². The van der Waals surface area contributed by atoms with E-state index in [4.69, 9.17) is 9.47 Å². The highest BCUT2D eigenvalue weighted by Crippen LogP contribution is 2.56. The smallest absolute Gasteiger partial charge is 0.138 e. The lowest BCUT2D eigenvalue weighted by molar-refractivity contribution is -0.0647. The molecule has 0 aromatic rings. The maximum Gasteiger partial charge on any atom is 0.138 e. The molecule has 182 valence electrons. The van der Waals surface area contributed by atoms with Gasteiger partial charge in [0.25, 0.3) is 0 Å². The molecule has 6 fully saturated rings. The molecule has 8 unspecified atom stereocenters. The number of halogens is 2. The third kappa shape index (κ3) is 4.91. The van der Waals surface area contributed by atoms with Crippen LogP contribution in [-0.2, 0) is 9.47 Å². The number of alkyl halides is 2. The minimum Gasteiger partial charge on any atom is -0.375 e. The van der Waals surface area contributed by atoms with Crippen LogP contribution in [0.15, 0.2) is 0 Å². The molecular weight excluding hydrogens is 426 g/mol. The lowest BCUT2D eigenvalue weighted by Gasteiger charge is -2.39. The number of rotatable bonds is 8. The van der Waals surface area contributed by atoms with Crippen molar-refractivity contribution in [3.8, 4) is 0 Å². The summed E-state index contributed by atoms with van der Waals surface area (Å²) in [4.78, 5) is 0. The molecule has 5 saturated carbocycles. The van der Waals surface area contributed by atoms with Gasteiger partial charge in [0.2, 0.25) is 0 Å². The highest BCUT2D eigenvalue weighted by Gasteiger charge is 2.56. The standard InChI is InChI=1S/C27H42F2O2S/c28-24-22(30-14-18-5-3-17(4-6-18)13-16-1-2-16)11-9-20-21-10-12-23(31-15-19-7-8-19)25(29)27(21)32-26(20)24/h16-27H,1-15H2. The van der Waals surface area contributed by atoms with Crippen LogP contribution in [0.2, 0.25) is 0 Å². The third-order valence-corrected chi connectivity index (χ3v) is 11.6. The Morgan fingerprint density at radius 2 is 0.938 bits per heavy atom. The first-order chi connectivity index (χ1) is 15.7. The van der Waals surface area contributed by atoms with Gasteiger partial charge in [-0.3, -0.25) is 0 Å². The van der Waals surface area contributed by atoms with Crippen molar-refractivity contribution in [2.24, 2.45) is 35.5 Å². The van der Waals surface area contributed by atoms with Crippen LogP contribution in [-0.4, -0.2) is 48.3 Å². The molecule has 0 amide bonds. The SMILES string of the molecule is FC1C(OCC2CC2)CCC2C3CCC(OCC4CCC(CC5CC5)CC4)C(F)C3SC12. The molecule has 1 heterocycles. The highest BCUT2D eigenvalue weighted by molar-refractivity contribution is 8.00. The van der Waals surface area contributed by atoms with Gasteiger partial charge in [0, 0.05) is 23.7 Å². The molecule has 2 nitrogen and oxygen atoms in total. The van der Waals surface area contributed by atoms with Gasteiger partial charge in [-0.25, -0.2) is 8.78 Å². The van der Waals surface area contributed by atoms with E-state index in [9.17, 15) is 0 Å². The summed E-state index contributed by atoms with van der Waals surface area (Å²) in [6.45, 7) is 1.46. The summed E-state index contributed by atoms with van der Waals surface area (Å²) in [6, 6.07) is 0. The minimum atomic E-state index is -0.936. The Bertz CT molecular complexity index is 633. The van der Waals surface area contributed by atoms with Gasteiger partial charge >= 0.3 is 0 Å². The number of thioether (sulfide) groups is 1. The molecule has 5 aliphatic carbocycles. The van der Waals surface area contributed by atoms with E-state index in [0.717, 1.165) is 50.7 Å². The number of hydrogen-bond acceptors (Lipinski definition) is 3. The number of hydrogen-bond donors (Lipinski definition) is 0. The minimum absolute atomic E-state index is 0.0679. The monoisotopic (exact) mass is 468 g/mol. The molecule has 0 aromatic heterocycles. The largest absolute Gasteiger partial charge is 0.375 e. The molecule has 0 N–H and O–H groups in total. The zero-order chi connectivity index (χ0) is 21.7. The van der Waals surface area contributed by atoms with Crippen molar-refractivity contribution in [3.05, 3.63) is 0 Å². The van der Waals surface area contributed by atoms with Gasteiger partial charge in [-0.05, 0) is 93.3 Å². The Morgan fingerprint density at radius 3 is 1.38 bits per heavy atom. The van der Waals surface area contributed by atoms with Crippen molar-refractivity contribution in [1.29, 1.82) is 0 Å². The van der Waals surface area contributed by atoms with Gasteiger partial charge in [0.1, 0.15) is 12.3 Å². The molecule has 6 rings (SSSR count). The van der Waals surface area contributed by atoms with Crippen LogP contribution in [0.4, 0.5) is 8.78 Å². The second-order valence-electron chi connectivity index (χ2n) is 12.2. The zero-order valence-corrected chi connectivity index (χ0v) is 20.3. The van der Waals surface area contributed by atoms with E-state index in [-0.39, 0.29) is 22.7 Å². The van der Waals surface area contributed by atoms with E-state index >= 15 is 8.78 Å². The van der Waals surface area contributed by atoms with Crippen LogP contribution in [0.3, 0.4) is 0 Å². The summed E-state index contributed by atoms with van der Waals surface area (Å²) in [7, 11) is 0. The normalized spacial score (nSPS) is 48.9. The molecule has 5 heteroatoms. The molecular formula is C27H42F2O2S. The molecule has 32 heavy (non-hydrogen) atoms. The first-order valence-corrected chi connectivity index (χ1v) is 14.8. The molecule has 6 aliphatic rings. The van der Waals surface area contributed by atoms with Gasteiger partial charge in [0.15, 0.2) is 0 Å². The first-order valence-electron chi connectivity index (χ1n) is 13.8. The van der Waals surface area contributed by atoms with Crippen LogP contribution < -0.4 is 0 Å². The molecule has 0 radical (unpaired) electrons. The number of fused-ring (bicyclic) bond motifs is 3. The van der Waals surface area contributed by atoms with E-state index in [0.29, 0.717) is 23.7 Å². The summed E-state index contributed by atoms with van der Waals surface area (Å²) in [5, 5.41) is -0.139. The average Bonchev–Trinajstić information content (AvgIpc) is 3.73. The van der Waals surface area contributed by atoms with Crippen molar-refractivity contribution in [3.63, 3.8) is 0 Å². The average molecular weight is 469 g/mol. The summed E-state index contributed by atoms with van der Waals surface area (Å²) >= 11 is 1.62. The van der Waals surface area contributed by atoms with Gasteiger partial charge in [0.05, 0.1) is 12.2 Å². The summed E-state index contributed by atoms with van der Waals surface area (Å²) < 4.78 is 43.1. The van der Waals surface area contributed by atoms with Crippen molar-refractivity contribution in [2.75, 3.05) is 13.2 Å². The lowest BCUT2D eigenvalue weighted by atomic mass is 9.71. The van der Waals surface area contributed by atoms with Gasteiger partial charge < -0.3 is 9.47 Å². The van der Waals surface area contributed by atoms with Crippen LogP contribution in [0, 0.1) is 35.5 Å². The maximum absolute atomic E-state index is 15.6. The second-order valence-corrected chi connectivity index (χ2v) is 13.6. The Morgan fingerprint density at radius 1 is 0.531 bits per heavy atom. The third-order valence-electron chi connectivity index (χ3n) is 9.73. The maximum atomic E-state index is 15.6. The summed E-state index contributed by atoms with van der Waals surface area (Å²) in [5.41, 5.74) is 0. The zero-order valence-electron chi connectivity index (χ0n) is 19.5. The van der Waals surface area contributed by atoms with Crippen molar-refractivity contribution < 1.29 is 18.3 Å². The lowest BCUT2D eigenvalue weighted by Crippen LogP contribution is -2.45. The predicted octanol–water partition coefficient (Wildman–Crippen LogP) is 6.75. The highest BCUT2D eigenvalue weighted by atomic mass is 32.2. The second kappa shape index (κ2) is 9.64. The summed E-state index contributed by atoms with van der Waals surface area (Å²) in [5.74, 6) is 3.93. The van der Waals surface area contributed by atoms with E-state index in [1.807, 2.05) is 0 Å². The topological polar surface area (TPSA) is 18.5 Å². The quantitative estimate of drug-likeness (QED) is 0.392. The Hall–Kier alpha value is 0.130. The van der Waals surface area contributed by atoms with Gasteiger partial charge in [-0.1, -0.05) is 25.7 Å². The molecule has 0 spiro atoms. The van der Waals surface area contributed by atoms with Crippen molar-refractivity contribution in [2.45, 2.75) is 119 Å². The van der Waals surface area contributed by atoms with E-state index < -0.39 is 12.3 Å². The Balaban J connectivity index is 0.978. The van der Waals surface area contributed by atoms with Crippen LogP contribution in [0.1, 0.15) is 83.5 Å². The van der Waals surface area contributed by atoms with Crippen LogP contribution in [0.5, 0.6) is 0 Å². The van der Waals surface area contributed by atoms with Crippen LogP contribution in [0.25, 0.3) is 0 Å². The van der Waals surface area contributed by atoms with Gasteiger partial charge in [-0.2, -0.15) is 0 Å². The fraction of sp³-hybridized carbons (Fsp3) is 1.00. The molecule has 0 aromatic carbocycles. The molecule has 8 atom stereocenters. The van der Waals surface area contributed by atoms with Crippen molar-refractivity contribution in [1.82, 2.24) is 0 Å². The molecule has 1 aliphatic heterocycles. The van der Waals surface area contributed by atoms with Crippen molar-refractivity contribution >= 4 is 11.8 Å². The van der Waals surface area contributed by atoms with E-state index in [1.54, 1.807) is 11.8 Å². The van der Waals surface area contributed by atoms with E-state index in [2.05, 4.69) is 0 Å². The first kappa shape index (κ1) is 22.6. The Kier molecular flexibility index (Phi) is 6.81. The molecule has 0 bridgehead atoms. The Labute approximate surface area is 197 Å². The van der Waals surface area contributed by atoms with E-state index in [1.165, 1.54) is 57.8 Å². The summed E-state index contributed by atoms with van der Waals surface area (Å²) in [6.07, 6.45) is 13.3. The fourth-order valence-electron chi connectivity index (χ4n) is 7.32. The predicted molar refractivity (Wildman–Crippen MR) is 125 cm³/mol.